The van der Waals surface area contributed by atoms with Crippen molar-refractivity contribution in [1.82, 2.24) is 0 Å². The number of aryl methyl sites for hydroxylation is 3. The molecule has 0 saturated heterocycles. The molecule has 2 nitrogen and oxygen atoms in total. The van der Waals surface area contributed by atoms with Gasteiger partial charge in [0.1, 0.15) is 0 Å². The van der Waals surface area contributed by atoms with Crippen molar-refractivity contribution in [2.75, 3.05) is 0 Å². The molecule has 0 bridgehead atoms. The number of benzene rings is 3. The molecule has 0 aliphatic rings. The lowest BCUT2D eigenvalue weighted by molar-refractivity contribution is 0.107. The van der Waals surface area contributed by atoms with Crippen LogP contribution in [0.15, 0.2) is 72.8 Å². The minimum Gasteiger partial charge on any atom is -0.305 e. The normalized spacial score (nSPS) is 10.9. The fourth-order valence-corrected chi connectivity index (χ4v) is 5.95. The van der Waals surface area contributed by atoms with Crippen LogP contribution in [0.2, 0.25) is 0 Å². The maximum absolute atomic E-state index is 14.2. The molecule has 0 aliphatic heterocycles. The fraction of sp³-hybridized carbons (Fsp3) is 0.136. The topological polar surface area (TPSA) is 34.1 Å². The molecule has 0 fully saturated rings. The Morgan fingerprint density at radius 2 is 1.12 bits per heavy atom. The second-order valence-corrected chi connectivity index (χ2v) is 9.02. The highest BCUT2D eigenvalue weighted by Crippen LogP contribution is 2.47. The molecular weight excluding hydrogens is 355 g/mol. The van der Waals surface area contributed by atoms with Crippen molar-refractivity contribution in [2.24, 2.45) is 0 Å². The summed E-state index contributed by atoms with van der Waals surface area (Å²) in [5, 5.41) is 1.15. The summed E-state index contributed by atoms with van der Waals surface area (Å²) in [5.41, 5.74) is 3.12. The number of carbonyl (C=O) groups excluding carboxylic acids is 1. The number of hydrogen-bond donors (Lipinski definition) is 0. The van der Waals surface area contributed by atoms with Gasteiger partial charge in [0.2, 0.25) is 12.7 Å². The van der Waals surface area contributed by atoms with E-state index in [0.717, 1.165) is 16.7 Å². The summed E-state index contributed by atoms with van der Waals surface area (Å²) < 4.78 is 14.2. The molecule has 4 radical (unpaired) electrons. The molecule has 0 aliphatic carbocycles. The van der Waals surface area contributed by atoms with Gasteiger partial charge in [0.15, 0.2) is 0 Å². The standard InChI is InChI=1S/C22H21O2P.Si/c1-16-14-17(2)21(18(3)15-16)22(23)25(24,19-10-6-4-7-11-19)20-12-8-5-9-13-20;/h4-15H,1-3H3;. The molecule has 3 aromatic rings. The zero-order valence-electron chi connectivity index (χ0n) is 15.2. The summed E-state index contributed by atoms with van der Waals surface area (Å²) in [5.74, 6) is 0. The van der Waals surface area contributed by atoms with E-state index in [2.05, 4.69) is 0 Å². The average Bonchev–Trinajstić information content (AvgIpc) is 2.61. The van der Waals surface area contributed by atoms with Gasteiger partial charge in [-0.1, -0.05) is 78.4 Å². The summed E-state index contributed by atoms with van der Waals surface area (Å²) in [7, 11) is -3.44. The van der Waals surface area contributed by atoms with E-state index in [4.69, 9.17) is 0 Å². The summed E-state index contributed by atoms with van der Waals surface area (Å²) in [6.45, 7) is 5.82. The Kier molecular flexibility index (Phi) is 6.17. The van der Waals surface area contributed by atoms with E-state index >= 15 is 0 Å². The van der Waals surface area contributed by atoms with Crippen molar-refractivity contribution in [1.29, 1.82) is 0 Å². The van der Waals surface area contributed by atoms with Crippen LogP contribution in [0.5, 0.6) is 0 Å². The van der Waals surface area contributed by atoms with Gasteiger partial charge < -0.3 is 4.57 Å². The predicted octanol–water partition coefficient (Wildman–Crippen LogP) is 4.39. The molecule has 0 saturated carbocycles. The Balaban J connectivity index is 0.00000243. The summed E-state index contributed by atoms with van der Waals surface area (Å²) in [6, 6.07) is 22.1. The first-order valence-corrected chi connectivity index (χ1v) is 9.99. The fourth-order valence-electron chi connectivity index (χ4n) is 3.33. The van der Waals surface area contributed by atoms with Gasteiger partial charge in [-0.15, -0.1) is 0 Å². The predicted molar refractivity (Wildman–Crippen MR) is 110 cm³/mol. The van der Waals surface area contributed by atoms with Gasteiger partial charge in [-0.2, -0.15) is 0 Å². The Hall–Kier alpha value is -2.22. The van der Waals surface area contributed by atoms with Gasteiger partial charge in [0.25, 0.3) is 0 Å². The first-order chi connectivity index (χ1) is 11.9. The first kappa shape index (κ1) is 20.1. The second-order valence-electron chi connectivity index (χ2n) is 6.36. The maximum atomic E-state index is 14.2. The molecule has 0 aromatic heterocycles. The van der Waals surface area contributed by atoms with Gasteiger partial charge in [0, 0.05) is 27.1 Å². The molecular formula is C22H21O2PSi. The molecule has 4 heteroatoms. The van der Waals surface area contributed by atoms with Crippen molar-refractivity contribution in [2.45, 2.75) is 20.8 Å². The second kappa shape index (κ2) is 7.99. The minimum absolute atomic E-state index is 0. The van der Waals surface area contributed by atoms with E-state index < -0.39 is 7.14 Å². The van der Waals surface area contributed by atoms with Crippen LogP contribution in [0.1, 0.15) is 27.0 Å². The smallest absolute Gasteiger partial charge is 0.230 e. The highest BCUT2D eigenvalue weighted by atomic mass is 31.2. The Labute approximate surface area is 159 Å². The molecule has 0 heterocycles. The lowest BCUT2D eigenvalue weighted by Crippen LogP contribution is -2.23. The summed E-state index contributed by atoms with van der Waals surface area (Å²) in [4.78, 5) is 13.6. The molecule has 0 atom stereocenters. The zero-order chi connectivity index (χ0) is 18.0. The molecule has 0 amide bonds. The number of hydrogen-bond acceptors (Lipinski definition) is 2. The maximum Gasteiger partial charge on any atom is 0.230 e. The summed E-state index contributed by atoms with van der Waals surface area (Å²) in [6.07, 6.45) is 0. The third-order valence-corrected chi connectivity index (χ3v) is 7.26. The number of carbonyl (C=O) groups is 1. The average molecular weight is 376 g/mol. The van der Waals surface area contributed by atoms with E-state index in [1.54, 1.807) is 24.3 Å². The monoisotopic (exact) mass is 376 g/mol. The van der Waals surface area contributed by atoms with Crippen molar-refractivity contribution in [3.8, 4) is 0 Å². The quantitative estimate of drug-likeness (QED) is 0.500. The van der Waals surface area contributed by atoms with Crippen molar-refractivity contribution >= 4 is 34.2 Å². The minimum atomic E-state index is -3.44. The highest BCUT2D eigenvalue weighted by Gasteiger charge is 2.37. The van der Waals surface area contributed by atoms with Crippen LogP contribution >= 0.6 is 7.14 Å². The van der Waals surface area contributed by atoms with Gasteiger partial charge >= 0.3 is 0 Å². The van der Waals surface area contributed by atoms with Crippen LogP contribution in [0.4, 0.5) is 0 Å². The molecule has 3 rings (SSSR count). The van der Waals surface area contributed by atoms with Crippen LogP contribution in [-0.4, -0.2) is 16.5 Å². The van der Waals surface area contributed by atoms with E-state index in [-0.39, 0.29) is 16.5 Å². The highest BCUT2D eigenvalue weighted by molar-refractivity contribution is 7.93. The Bertz CT molecular complexity index is 899. The molecule has 0 N–H and O–H groups in total. The molecule has 0 unspecified atom stereocenters. The van der Waals surface area contributed by atoms with Crippen molar-refractivity contribution in [3.05, 3.63) is 95.1 Å². The van der Waals surface area contributed by atoms with Gasteiger partial charge in [0.05, 0.1) is 0 Å². The van der Waals surface area contributed by atoms with Gasteiger partial charge in [-0.25, -0.2) is 0 Å². The lowest BCUT2D eigenvalue weighted by Gasteiger charge is -2.20. The van der Waals surface area contributed by atoms with E-state index in [1.165, 1.54) is 0 Å². The van der Waals surface area contributed by atoms with E-state index in [9.17, 15) is 9.36 Å². The van der Waals surface area contributed by atoms with E-state index in [0.29, 0.717) is 16.2 Å². The largest absolute Gasteiger partial charge is 0.305 e. The molecule has 3 aromatic carbocycles. The van der Waals surface area contributed by atoms with Crippen LogP contribution < -0.4 is 10.6 Å². The zero-order valence-corrected chi connectivity index (χ0v) is 17.1. The molecule has 26 heavy (non-hydrogen) atoms. The molecule has 0 spiro atoms. The first-order valence-electron chi connectivity index (χ1n) is 8.28. The van der Waals surface area contributed by atoms with Crippen LogP contribution in [-0.2, 0) is 4.57 Å². The van der Waals surface area contributed by atoms with Gasteiger partial charge in [-0.3, -0.25) is 4.79 Å². The third-order valence-electron chi connectivity index (χ3n) is 4.42. The van der Waals surface area contributed by atoms with Crippen LogP contribution in [0.3, 0.4) is 0 Å². The Morgan fingerprint density at radius 3 is 1.50 bits per heavy atom. The SMILES string of the molecule is Cc1cc(C)c(C(=O)P(=O)(c2ccccc2)c2ccccc2)c(C)c1.[Si]. The van der Waals surface area contributed by atoms with Crippen molar-refractivity contribution in [3.63, 3.8) is 0 Å². The van der Waals surface area contributed by atoms with Crippen LogP contribution in [0.25, 0.3) is 0 Å². The summed E-state index contributed by atoms with van der Waals surface area (Å²) >= 11 is 0. The lowest BCUT2D eigenvalue weighted by atomic mass is 10.0. The van der Waals surface area contributed by atoms with Crippen molar-refractivity contribution < 1.29 is 9.36 Å². The van der Waals surface area contributed by atoms with Crippen LogP contribution in [0, 0.1) is 20.8 Å². The number of rotatable bonds is 4. The van der Waals surface area contributed by atoms with E-state index in [1.807, 2.05) is 69.3 Å². The third kappa shape index (κ3) is 3.51. The molecule has 130 valence electrons. The van der Waals surface area contributed by atoms with Gasteiger partial charge in [-0.05, 0) is 31.9 Å². The Morgan fingerprint density at radius 1 is 0.731 bits per heavy atom.